The van der Waals surface area contributed by atoms with Crippen LogP contribution in [0.1, 0.15) is 55.1 Å². The van der Waals surface area contributed by atoms with Gasteiger partial charge in [-0.1, -0.05) is 44.2 Å². The lowest BCUT2D eigenvalue weighted by Gasteiger charge is -2.18. The molecule has 2 aromatic carbocycles. The number of rotatable bonds is 10. The minimum atomic E-state index is -1.01. The number of nitrogens with one attached hydrogen (secondary N) is 1. The lowest BCUT2D eigenvalue weighted by atomic mass is 10.1. The predicted octanol–water partition coefficient (Wildman–Crippen LogP) is 4.30. The number of ether oxygens (including phenoxy) is 3. The van der Waals surface area contributed by atoms with Gasteiger partial charge in [0.2, 0.25) is 6.10 Å². The van der Waals surface area contributed by atoms with Crippen LogP contribution in [-0.4, -0.2) is 31.6 Å². The smallest absolute Gasteiger partial charge is 0.339 e. The van der Waals surface area contributed by atoms with E-state index in [2.05, 4.69) is 19.2 Å². The Morgan fingerprint density at radius 3 is 2.43 bits per heavy atom. The first-order chi connectivity index (χ1) is 14.5. The van der Waals surface area contributed by atoms with Crippen molar-refractivity contribution in [2.24, 2.45) is 5.92 Å². The van der Waals surface area contributed by atoms with Crippen LogP contribution in [-0.2, 0) is 9.53 Å². The molecule has 6 heteroatoms. The summed E-state index contributed by atoms with van der Waals surface area (Å²) < 4.78 is 16.8. The minimum Gasteiger partial charge on any atom is -0.493 e. The SMILES string of the molecule is COc1cc(C(=O)O[C@@H](C(=O)NC2CC2)c2ccccc2)ccc1OCCC(C)C. The lowest BCUT2D eigenvalue weighted by Crippen LogP contribution is -2.33. The Kier molecular flexibility index (Phi) is 7.33. The van der Waals surface area contributed by atoms with Crippen molar-refractivity contribution in [1.29, 1.82) is 0 Å². The zero-order valence-corrected chi connectivity index (χ0v) is 17.7. The van der Waals surface area contributed by atoms with Crippen molar-refractivity contribution < 1.29 is 23.8 Å². The molecule has 1 N–H and O–H groups in total. The molecule has 1 amide bonds. The number of hydrogen-bond donors (Lipinski definition) is 1. The fourth-order valence-corrected chi connectivity index (χ4v) is 2.90. The molecule has 2 aromatic rings. The summed E-state index contributed by atoms with van der Waals surface area (Å²) in [6.07, 6.45) is 1.82. The number of hydrogen-bond acceptors (Lipinski definition) is 5. The van der Waals surface area contributed by atoms with Gasteiger partial charge in [-0.15, -0.1) is 0 Å². The number of carbonyl (C=O) groups is 2. The monoisotopic (exact) mass is 411 g/mol. The first-order valence-electron chi connectivity index (χ1n) is 10.3. The summed E-state index contributed by atoms with van der Waals surface area (Å²) in [5.41, 5.74) is 0.924. The van der Waals surface area contributed by atoms with Gasteiger partial charge in [0, 0.05) is 11.6 Å². The van der Waals surface area contributed by atoms with Crippen molar-refractivity contribution in [2.45, 2.75) is 45.3 Å². The van der Waals surface area contributed by atoms with Gasteiger partial charge < -0.3 is 19.5 Å². The van der Waals surface area contributed by atoms with Crippen LogP contribution in [0.25, 0.3) is 0 Å². The van der Waals surface area contributed by atoms with Crippen molar-refractivity contribution in [3.63, 3.8) is 0 Å². The molecular weight excluding hydrogens is 382 g/mol. The predicted molar refractivity (Wildman–Crippen MR) is 114 cm³/mol. The summed E-state index contributed by atoms with van der Waals surface area (Å²) in [6, 6.07) is 14.1. The topological polar surface area (TPSA) is 73.9 Å². The number of esters is 1. The normalized spacial score (nSPS) is 14.1. The zero-order valence-electron chi connectivity index (χ0n) is 17.7. The van der Waals surface area contributed by atoms with Crippen LogP contribution < -0.4 is 14.8 Å². The Morgan fingerprint density at radius 2 is 1.80 bits per heavy atom. The van der Waals surface area contributed by atoms with Gasteiger partial charge >= 0.3 is 5.97 Å². The van der Waals surface area contributed by atoms with Gasteiger partial charge in [0.15, 0.2) is 11.5 Å². The standard InChI is InChI=1S/C24H29NO5/c1-16(2)13-14-29-20-12-9-18(15-21(20)28-3)24(27)30-22(17-7-5-4-6-8-17)23(26)25-19-10-11-19/h4-9,12,15-16,19,22H,10-11,13-14H2,1-3H3,(H,25,26)/t22-/m1/s1. The number of benzene rings is 2. The zero-order chi connectivity index (χ0) is 21.5. The van der Waals surface area contributed by atoms with Gasteiger partial charge in [-0.05, 0) is 43.4 Å². The summed E-state index contributed by atoms with van der Waals surface area (Å²) in [7, 11) is 1.52. The average molecular weight is 411 g/mol. The minimum absolute atomic E-state index is 0.171. The van der Waals surface area contributed by atoms with Crippen molar-refractivity contribution in [3.05, 3.63) is 59.7 Å². The van der Waals surface area contributed by atoms with E-state index in [4.69, 9.17) is 14.2 Å². The average Bonchev–Trinajstić information content (AvgIpc) is 3.56. The van der Waals surface area contributed by atoms with Gasteiger partial charge in [-0.25, -0.2) is 4.79 Å². The molecule has 1 atom stereocenters. The van der Waals surface area contributed by atoms with Crippen molar-refractivity contribution in [2.75, 3.05) is 13.7 Å². The first-order valence-corrected chi connectivity index (χ1v) is 10.3. The second-order valence-electron chi connectivity index (χ2n) is 7.88. The van der Waals surface area contributed by atoms with Gasteiger partial charge in [0.05, 0.1) is 19.3 Å². The van der Waals surface area contributed by atoms with E-state index in [0.717, 1.165) is 19.3 Å². The van der Waals surface area contributed by atoms with Crippen molar-refractivity contribution in [3.8, 4) is 11.5 Å². The van der Waals surface area contributed by atoms with E-state index in [1.54, 1.807) is 30.3 Å². The van der Waals surface area contributed by atoms with Gasteiger partial charge in [0.1, 0.15) is 0 Å². The van der Waals surface area contributed by atoms with E-state index in [9.17, 15) is 9.59 Å². The fraction of sp³-hybridized carbons (Fsp3) is 0.417. The molecule has 0 aromatic heterocycles. The van der Waals surface area contributed by atoms with Crippen LogP contribution in [0.5, 0.6) is 11.5 Å². The van der Waals surface area contributed by atoms with E-state index in [1.807, 2.05) is 18.2 Å². The van der Waals surface area contributed by atoms with Gasteiger partial charge in [0.25, 0.3) is 5.91 Å². The molecule has 1 saturated carbocycles. The van der Waals surface area contributed by atoms with Gasteiger partial charge in [-0.3, -0.25) is 4.79 Å². The Bertz CT molecular complexity index is 861. The molecular formula is C24H29NO5. The highest BCUT2D eigenvalue weighted by Crippen LogP contribution is 2.30. The molecule has 1 aliphatic carbocycles. The van der Waals surface area contributed by atoms with E-state index in [1.165, 1.54) is 7.11 Å². The second-order valence-corrected chi connectivity index (χ2v) is 7.88. The van der Waals surface area contributed by atoms with Crippen LogP contribution in [0, 0.1) is 5.92 Å². The van der Waals surface area contributed by atoms with Crippen LogP contribution in [0.4, 0.5) is 0 Å². The van der Waals surface area contributed by atoms with E-state index < -0.39 is 12.1 Å². The molecule has 0 spiro atoms. The third-order valence-electron chi connectivity index (χ3n) is 4.84. The van der Waals surface area contributed by atoms with E-state index in [0.29, 0.717) is 35.2 Å². The molecule has 0 radical (unpaired) electrons. The number of carbonyl (C=O) groups excluding carboxylic acids is 2. The molecule has 1 fully saturated rings. The quantitative estimate of drug-likeness (QED) is 0.590. The Balaban J connectivity index is 1.73. The maximum absolute atomic E-state index is 12.8. The molecule has 0 saturated heterocycles. The summed E-state index contributed by atoms with van der Waals surface area (Å²) in [6.45, 7) is 4.82. The maximum Gasteiger partial charge on any atom is 0.339 e. The van der Waals surface area contributed by atoms with Crippen LogP contribution >= 0.6 is 0 Å². The van der Waals surface area contributed by atoms with Crippen LogP contribution in [0.15, 0.2) is 48.5 Å². The second kappa shape index (κ2) is 10.1. The number of methoxy groups -OCH3 is 1. The summed E-state index contributed by atoms with van der Waals surface area (Å²) in [5.74, 6) is 0.647. The van der Waals surface area contributed by atoms with Crippen molar-refractivity contribution in [1.82, 2.24) is 5.32 Å². The molecule has 6 nitrogen and oxygen atoms in total. The summed E-state index contributed by atoms with van der Waals surface area (Å²) >= 11 is 0. The molecule has 30 heavy (non-hydrogen) atoms. The van der Waals surface area contributed by atoms with Crippen LogP contribution in [0.2, 0.25) is 0 Å². The summed E-state index contributed by atoms with van der Waals surface area (Å²) in [4.78, 5) is 25.5. The lowest BCUT2D eigenvalue weighted by molar-refractivity contribution is -0.130. The molecule has 160 valence electrons. The molecule has 0 heterocycles. The molecule has 0 bridgehead atoms. The van der Waals surface area contributed by atoms with E-state index >= 15 is 0 Å². The third kappa shape index (κ3) is 5.99. The Morgan fingerprint density at radius 1 is 1.07 bits per heavy atom. The first kappa shape index (κ1) is 21.7. The molecule has 3 rings (SSSR count). The largest absolute Gasteiger partial charge is 0.493 e. The molecule has 1 aliphatic rings. The third-order valence-corrected chi connectivity index (χ3v) is 4.84. The van der Waals surface area contributed by atoms with Gasteiger partial charge in [-0.2, -0.15) is 0 Å². The van der Waals surface area contributed by atoms with Crippen molar-refractivity contribution >= 4 is 11.9 Å². The van der Waals surface area contributed by atoms with Crippen LogP contribution in [0.3, 0.4) is 0 Å². The molecule has 0 aliphatic heterocycles. The highest BCUT2D eigenvalue weighted by atomic mass is 16.5. The Labute approximate surface area is 177 Å². The fourth-order valence-electron chi connectivity index (χ4n) is 2.90. The van der Waals surface area contributed by atoms with E-state index in [-0.39, 0.29) is 11.9 Å². The molecule has 0 unspecified atom stereocenters. The highest BCUT2D eigenvalue weighted by Gasteiger charge is 2.31. The number of amides is 1. The maximum atomic E-state index is 12.8. The highest BCUT2D eigenvalue weighted by molar-refractivity contribution is 5.93. The Hall–Kier alpha value is -3.02. The summed E-state index contributed by atoms with van der Waals surface area (Å²) in [5, 5.41) is 2.91.